The van der Waals surface area contributed by atoms with Crippen molar-refractivity contribution in [3.05, 3.63) is 51.5 Å². The Bertz CT molecular complexity index is 796. The molecule has 1 fully saturated rings. The summed E-state index contributed by atoms with van der Waals surface area (Å²) < 4.78 is 25.9. The van der Waals surface area contributed by atoms with Gasteiger partial charge in [-0.25, -0.2) is 4.39 Å². The van der Waals surface area contributed by atoms with Crippen molar-refractivity contribution in [2.75, 3.05) is 6.54 Å². The van der Waals surface area contributed by atoms with E-state index in [1.165, 1.54) is 12.1 Å². The predicted octanol–water partition coefficient (Wildman–Crippen LogP) is 3.33. The zero-order valence-corrected chi connectivity index (χ0v) is 15.1. The smallest absolute Gasteiger partial charge is 0.234 e. The fraction of sp³-hybridized carbons (Fsp3) is 0.421. The molecule has 2 N–H and O–H groups in total. The Morgan fingerprint density at radius 2 is 2.27 bits per heavy atom. The third kappa shape index (κ3) is 3.47. The number of carbonyl (C=O) groups is 1. The second kappa shape index (κ2) is 7.34. The highest BCUT2D eigenvalue weighted by Crippen LogP contribution is 2.38. The van der Waals surface area contributed by atoms with Crippen LogP contribution in [0.1, 0.15) is 42.2 Å². The van der Waals surface area contributed by atoms with Gasteiger partial charge in [-0.15, -0.1) is 0 Å². The van der Waals surface area contributed by atoms with Gasteiger partial charge in [-0.1, -0.05) is 6.42 Å². The van der Waals surface area contributed by atoms with E-state index in [0.717, 1.165) is 36.9 Å². The summed E-state index contributed by atoms with van der Waals surface area (Å²) in [6.45, 7) is 1.49. The van der Waals surface area contributed by atoms with Gasteiger partial charge in [0, 0.05) is 28.6 Å². The molecule has 138 valence electrons. The lowest BCUT2D eigenvalue weighted by atomic mass is 9.99. The number of primary amides is 1. The van der Waals surface area contributed by atoms with E-state index in [1.807, 2.05) is 21.7 Å². The molecule has 3 heterocycles. The van der Waals surface area contributed by atoms with E-state index in [9.17, 15) is 9.18 Å². The van der Waals surface area contributed by atoms with E-state index in [4.69, 9.17) is 15.2 Å². The molecule has 4 rings (SSSR count). The number of amides is 1. The molecule has 2 atom stereocenters. The van der Waals surface area contributed by atoms with Crippen molar-refractivity contribution in [2.24, 2.45) is 5.73 Å². The molecule has 1 amide bonds. The molecule has 0 bridgehead atoms. The summed E-state index contributed by atoms with van der Waals surface area (Å²) in [7, 11) is 0. The Morgan fingerprint density at radius 3 is 3.04 bits per heavy atom. The summed E-state index contributed by atoms with van der Waals surface area (Å²) >= 11 is 1.57. The first-order valence-corrected chi connectivity index (χ1v) is 9.71. The van der Waals surface area contributed by atoms with Gasteiger partial charge in [0.05, 0.1) is 12.6 Å². The van der Waals surface area contributed by atoms with Crippen LogP contribution in [0.15, 0.2) is 29.0 Å². The second-order valence-electron chi connectivity index (χ2n) is 6.76. The van der Waals surface area contributed by atoms with Crippen LogP contribution in [-0.2, 0) is 22.7 Å². The van der Waals surface area contributed by atoms with Crippen LogP contribution in [-0.4, -0.2) is 23.4 Å². The van der Waals surface area contributed by atoms with Gasteiger partial charge in [-0.3, -0.25) is 9.69 Å². The van der Waals surface area contributed by atoms with Gasteiger partial charge in [-0.2, -0.15) is 11.3 Å². The first-order chi connectivity index (χ1) is 12.6. The number of rotatable bonds is 4. The van der Waals surface area contributed by atoms with Crippen molar-refractivity contribution in [2.45, 2.75) is 44.7 Å². The Kier molecular flexibility index (Phi) is 4.93. The largest absolute Gasteiger partial charge is 0.460 e. The summed E-state index contributed by atoms with van der Waals surface area (Å²) in [5, 5.41) is 3.95. The quantitative estimate of drug-likeness (QED) is 0.889. The van der Waals surface area contributed by atoms with Crippen molar-refractivity contribution >= 4 is 17.2 Å². The molecular formula is C19H21FN2O3S. The Labute approximate surface area is 155 Å². The number of fused-ring (bicyclic) bond motifs is 1. The minimum absolute atomic E-state index is 0.292. The van der Waals surface area contributed by atoms with Crippen LogP contribution in [0.2, 0.25) is 0 Å². The number of nitrogens with zero attached hydrogens (tertiary/aromatic N) is 1. The highest BCUT2D eigenvalue weighted by Gasteiger charge is 2.30. The molecule has 1 aromatic carbocycles. The summed E-state index contributed by atoms with van der Waals surface area (Å²) in [6, 6.07) is 4.58. The van der Waals surface area contributed by atoms with Crippen molar-refractivity contribution in [1.29, 1.82) is 0 Å². The Morgan fingerprint density at radius 1 is 1.38 bits per heavy atom. The first-order valence-electron chi connectivity index (χ1n) is 8.77. The molecule has 2 aliphatic rings. The Balaban J connectivity index is 1.62. The summed E-state index contributed by atoms with van der Waals surface area (Å²) in [5.74, 6) is 0.00517. The molecule has 1 aromatic heterocycles. The molecule has 26 heavy (non-hydrogen) atoms. The molecule has 0 unspecified atom stereocenters. The van der Waals surface area contributed by atoms with Crippen LogP contribution in [0.4, 0.5) is 4.39 Å². The molecule has 5 nitrogen and oxygen atoms in total. The van der Waals surface area contributed by atoms with E-state index in [1.54, 1.807) is 11.3 Å². The number of ether oxygens (including phenoxy) is 2. The first kappa shape index (κ1) is 17.5. The van der Waals surface area contributed by atoms with Crippen LogP contribution in [0.25, 0.3) is 0 Å². The lowest BCUT2D eigenvalue weighted by Crippen LogP contribution is -2.47. The standard InChI is InChI=1S/C19H21FN2O3S/c20-15-7-13(9-22-5-2-1-3-16(22)18(21)23)17-14(8-15)10-24-19(25-17)12-4-6-26-11-12/h4,6-8,11,16,19H,1-3,5,9-10H2,(H2,21,23)/t16-,19+/m1/s1. The molecule has 2 aromatic rings. The maximum atomic E-state index is 14.1. The Hall–Kier alpha value is -1.96. The molecule has 0 spiro atoms. The van der Waals surface area contributed by atoms with Gasteiger partial charge < -0.3 is 15.2 Å². The normalized spacial score (nSPS) is 23.3. The minimum Gasteiger partial charge on any atom is -0.460 e. The lowest BCUT2D eigenvalue weighted by Gasteiger charge is -2.35. The third-order valence-corrected chi connectivity index (χ3v) is 5.65. The lowest BCUT2D eigenvalue weighted by molar-refractivity contribution is -0.125. The fourth-order valence-corrected chi connectivity index (χ4v) is 4.35. The molecule has 7 heteroatoms. The van der Waals surface area contributed by atoms with Crippen LogP contribution in [0, 0.1) is 5.82 Å². The fourth-order valence-electron chi connectivity index (χ4n) is 3.69. The highest BCUT2D eigenvalue weighted by molar-refractivity contribution is 7.07. The van der Waals surface area contributed by atoms with Gasteiger partial charge in [0.2, 0.25) is 12.2 Å². The van der Waals surface area contributed by atoms with E-state index < -0.39 is 6.29 Å². The molecule has 0 radical (unpaired) electrons. The van der Waals surface area contributed by atoms with E-state index in [2.05, 4.69) is 0 Å². The SMILES string of the molecule is NC(=O)[C@H]1CCCCN1Cc1cc(F)cc2c1O[C@@H](c1ccsc1)OC2. The van der Waals surface area contributed by atoms with Crippen molar-refractivity contribution in [3.8, 4) is 5.75 Å². The number of benzene rings is 1. The minimum atomic E-state index is -0.494. The van der Waals surface area contributed by atoms with Crippen LogP contribution in [0.3, 0.4) is 0 Å². The van der Waals surface area contributed by atoms with Gasteiger partial charge in [-0.05, 0) is 43.0 Å². The maximum absolute atomic E-state index is 14.1. The number of hydrogen-bond acceptors (Lipinski definition) is 5. The van der Waals surface area contributed by atoms with Crippen LogP contribution >= 0.6 is 11.3 Å². The number of piperidine rings is 1. The third-order valence-electron chi connectivity index (χ3n) is 4.95. The number of halogens is 1. The van der Waals surface area contributed by atoms with Crippen molar-refractivity contribution in [3.63, 3.8) is 0 Å². The molecular weight excluding hydrogens is 355 g/mol. The summed E-state index contributed by atoms with van der Waals surface area (Å²) in [5.41, 5.74) is 7.94. The zero-order valence-electron chi connectivity index (χ0n) is 14.3. The van der Waals surface area contributed by atoms with Crippen molar-refractivity contribution in [1.82, 2.24) is 4.90 Å². The zero-order chi connectivity index (χ0) is 18.1. The van der Waals surface area contributed by atoms with Gasteiger partial charge in [0.15, 0.2) is 0 Å². The average Bonchev–Trinajstić information content (AvgIpc) is 3.16. The van der Waals surface area contributed by atoms with E-state index >= 15 is 0 Å². The number of hydrogen-bond donors (Lipinski definition) is 1. The van der Waals surface area contributed by atoms with Crippen molar-refractivity contribution < 1.29 is 18.7 Å². The maximum Gasteiger partial charge on any atom is 0.234 e. The van der Waals surface area contributed by atoms with Gasteiger partial charge >= 0.3 is 0 Å². The second-order valence-corrected chi connectivity index (χ2v) is 7.54. The monoisotopic (exact) mass is 376 g/mol. The molecule has 1 saturated heterocycles. The summed E-state index contributed by atoms with van der Waals surface area (Å²) in [4.78, 5) is 13.8. The van der Waals surface area contributed by atoms with Gasteiger partial charge in [0.1, 0.15) is 11.6 Å². The number of thiophene rings is 1. The topological polar surface area (TPSA) is 64.8 Å². The number of likely N-dealkylation sites (tertiary alicyclic amines) is 1. The average molecular weight is 376 g/mol. The van der Waals surface area contributed by atoms with E-state index in [0.29, 0.717) is 24.5 Å². The van der Waals surface area contributed by atoms with E-state index in [-0.39, 0.29) is 17.8 Å². The van der Waals surface area contributed by atoms with Crippen LogP contribution < -0.4 is 10.5 Å². The summed E-state index contributed by atoms with van der Waals surface area (Å²) in [6.07, 6.45) is 2.24. The highest BCUT2D eigenvalue weighted by atomic mass is 32.1. The predicted molar refractivity (Wildman–Crippen MR) is 96.1 cm³/mol. The number of carbonyl (C=O) groups excluding carboxylic acids is 1. The van der Waals surface area contributed by atoms with Crippen LogP contribution in [0.5, 0.6) is 5.75 Å². The number of nitrogens with two attached hydrogens (primary N) is 1. The van der Waals surface area contributed by atoms with Gasteiger partial charge in [0.25, 0.3) is 0 Å². The molecule has 0 saturated carbocycles. The molecule has 2 aliphatic heterocycles. The molecule has 0 aliphatic carbocycles.